The number of fused-ring (bicyclic) bond motifs is 1. The van der Waals surface area contributed by atoms with Crippen molar-refractivity contribution in [3.63, 3.8) is 0 Å². The average molecular weight is 512 g/mol. The summed E-state index contributed by atoms with van der Waals surface area (Å²) in [5, 5.41) is 2.35. The van der Waals surface area contributed by atoms with Crippen LogP contribution in [0, 0.1) is 13.8 Å². The van der Waals surface area contributed by atoms with E-state index in [1.54, 1.807) is 12.0 Å². The third-order valence-corrected chi connectivity index (χ3v) is 7.44. The minimum Gasteiger partial charge on any atom is -0.493 e. The maximum absolute atomic E-state index is 13.2. The average Bonchev–Trinajstić information content (AvgIpc) is 3.15. The zero-order chi connectivity index (χ0) is 25.2. The van der Waals surface area contributed by atoms with Crippen molar-refractivity contribution < 1.29 is 14.3 Å². The second-order valence-corrected chi connectivity index (χ2v) is 10.3. The molecule has 0 saturated carbocycles. The van der Waals surface area contributed by atoms with Crippen LogP contribution < -0.4 is 14.4 Å². The number of thiocarbonyl (C=S) groups is 1. The number of amides is 1. The van der Waals surface area contributed by atoms with Crippen LogP contribution in [0.2, 0.25) is 0 Å². The van der Waals surface area contributed by atoms with Crippen LogP contribution in [0.5, 0.6) is 11.5 Å². The van der Waals surface area contributed by atoms with Crippen LogP contribution in [0.4, 0.5) is 5.69 Å². The largest absolute Gasteiger partial charge is 0.493 e. The number of benzene rings is 4. The van der Waals surface area contributed by atoms with Gasteiger partial charge in [-0.3, -0.25) is 9.69 Å². The molecule has 6 heteroatoms. The highest BCUT2D eigenvalue weighted by Crippen LogP contribution is 2.38. The molecule has 1 aliphatic rings. The van der Waals surface area contributed by atoms with E-state index in [4.69, 9.17) is 21.7 Å². The predicted octanol–water partition coefficient (Wildman–Crippen LogP) is 7.45. The number of ether oxygens (including phenoxy) is 2. The van der Waals surface area contributed by atoms with E-state index in [1.807, 2.05) is 68.5 Å². The predicted molar refractivity (Wildman–Crippen MR) is 153 cm³/mol. The molecule has 4 aromatic carbocycles. The molecule has 0 radical (unpaired) electrons. The van der Waals surface area contributed by atoms with Crippen molar-refractivity contribution in [2.24, 2.45) is 0 Å². The van der Waals surface area contributed by atoms with Crippen molar-refractivity contribution in [3.8, 4) is 11.5 Å². The molecular formula is C30H25NO3S2. The van der Waals surface area contributed by atoms with Gasteiger partial charge in [-0.15, -0.1) is 0 Å². The molecule has 1 fully saturated rings. The minimum atomic E-state index is -0.118. The summed E-state index contributed by atoms with van der Waals surface area (Å²) in [5.41, 5.74) is 4.93. The second-order valence-electron chi connectivity index (χ2n) is 8.64. The van der Waals surface area contributed by atoms with Gasteiger partial charge in [0.2, 0.25) is 0 Å². The van der Waals surface area contributed by atoms with Crippen molar-refractivity contribution in [2.45, 2.75) is 20.5 Å². The fourth-order valence-corrected chi connectivity index (χ4v) is 5.63. The first-order valence-corrected chi connectivity index (χ1v) is 12.8. The van der Waals surface area contributed by atoms with Crippen molar-refractivity contribution in [2.75, 3.05) is 12.0 Å². The molecule has 1 aliphatic heterocycles. The van der Waals surface area contributed by atoms with Crippen molar-refractivity contribution in [1.82, 2.24) is 0 Å². The van der Waals surface area contributed by atoms with Gasteiger partial charge in [-0.25, -0.2) is 0 Å². The molecule has 0 aromatic heterocycles. The lowest BCUT2D eigenvalue weighted by Gasteiger charge is -2.17. The first-order valence-electron chi connectivity index (χ1n) is 11.6. The molecule has 4 nitrogen and oxygen atoms in total. The van der Waals surface area contributed by atoms with Gasteiger partial charge in [0.05, 0.1) is 17.7 Å². The summed E-state index contributed by atoms with van der Waals surface area (Å²) < 4.78 is 12.3. The van der Waals surface area contributed by atoms with Gasteiger partial charge in [0.25, 0.3) is 5.91 Å². The Balaban J connectivity index is 1.37. The Morgan fingerprint density at radius 1 is 0.944 bits per heavy atom. The Morgan fingerprint density at radius 2 is 1.75 bits per heavy atom. The zero-order valence-electron chi connectivity index (χ0n) is 20.3. The lowest BCUT2D eigenvalue weighted by atomic mass is 10.1. The summed E-state index contributed by atoms with van der Waals surface area (Å²) in [7, 11) is 1.61. The fraction of sp³-hybridized carbons (Fsp3) is 0.133. The van der Waals surface area contributed by atoms with E-state index in [9.17, 15) is 4.79 Å². The van der Waals surface area contributed by atoms with Gasteiger partial charge in [-0.1, -0.05) is 90.2 Å². The monoisotopic (exact) mass is 511 g/mol. The maximum Gasteiger partial charge on any atom is 0.270 e. The standard InChI is InChI=1S/C30H25NO3S2/c1-19-11-13-25(20(2)15-19)31-29(32)28(36-30(31)35)17-21-12-14-26(27(16-21)33-3)34-18-23-9-6-8-22-7-4-5-10-24(22)23/h4-17H,18H2,1-3H3/b28-17-. The molecule has 180 valence electrons. The van der Waals surface area contributed by atoms with Crippen LogP contribution in [0.25, 0.3) is 16.8 Å². The van der Waals surface area contributed by atoms with Gasteiger partial charge >= 0.3 is 0 Å². The molecule has 36 heavy (non-hydrogen) atoms. The summed E-state index contributed by atoms with van der Waals surface area (Å²) in [6.07, 6.45) is 1.85. The van der Waals surface area contributed by atoms with Crippen LogP contribution in [0.15, 0.2) is 83.8 Å². The molecule has 0 atom stereocenters. The molecule has 0 aliphatic carbocycles. The Morgan fingerprint density at radius 3 is 2.56 bits per heavy atom. The van der Waals surface area contributed by atoms with E-state index >= 15 is 0 Å². The Kier molecular flexibility index (Phi) is 6.81. The number of aryl methyl sites for hydroxylation is 2. The van der Waals surface area contributed by atoms with Crippen LogP contribution in [-0.2, 0) is 11.4 Å². The normalized spacial score (nSPS) is 14.6. The van der Waals surface area contributed by atoms with Crippen molar-refractivity contribution in [3.05, 3.63) is 106 Å². The molecule has 0 N–H and O–H groups in total. The van der Waals surface area contributed by atoms with Crippen LogP contribution in [-0.4, -0.2) is 17.3 Å². The zero-order valence-corrected chi connectivity index (χ0v) is 21.9. The van der Waals surface area contributed by atoms with E-state index in [-0.39, 0.29) is 5.91 Å². The molecule has 4 aromatic rings. The minimum absolute atomic E-state index is 0.118. The molecule has 5 rings (SSSR count). The summed E-state index contributed by atoms with van der Waals surface area (Å²) in [6.45, 7) is 4.45. The number of thioether (sulfide) groups is 1. The Bertz CT molecular complexity index is 1520. The molecular weight excluding hydrogens is 486 g/mol. The van der Waals surface area contributed by atoms with E-state index in [0.29, 0.717) is 27.3 Å². The quantitative estimate of drug-likeness (QED) is 0.199. The smallest absolute Gasteiger partial charge is 0.270 e. The van der Waals surface area contributed by atoms with Crippen molar-refractivity contribution in [1.29, 1.82) is 0 Å². The summed E-state index contributed by atoms with van der Waals surface area (Å²) >= 11 is 6.86. The second kappa shape index (κ2) is 10.2. The van der Waals surface area contributed by atoms with Gasteiger partial charge < -0.3 is 9.47 Å². The highest BCUT2D eigenvalue weighted by Gasteiger charge is 2.34. The third kappa shape index (κ3) is 4.74. The van der Waals surface area contributed by atoms with Crippen molar-refractivity contribution >= 4 is 56.7 Å². The molecule has 0 bridgehead atoms. The number of nitrogens with zero attached hydrogens (tertiary/aromatic N) is 1. The number of methoxy groups -OCH3 is 1. The number of carbonyl (C=O) groups is 1. The summed E-state index contributed by atoms with van der Waals surface area (Å²) in [5.74, 6) is 1.13. The lowest BCUT2D eigenvalue weighted by molar-refractivity contribution is -0.113. The SMILES string of the molecule is COc1cc(/C=C2\SC(=S)N(c3ccc(C)cc3C)C2=O)ccc1OCc1cccc2ccccc12. The molecule has 1 saturated heterocycles. The summed E-state index contributed by atoms with van der Waals surface area (Å²) in [4.78, 5) is 15.4. The highest BCUT2D eigenvalue weighted by molar-refractivity contribution is 8.27. The summed E-state index contributed by atoms with van der Waals surface area (Å²) in [6, 6.07) is 26.1. The van der Waals surface area contributed by atoms with Gasteiger partial charge in [-0.05, 0) is 65.6 Å². The number of hydrogen-bond acceptors (Lipinski definition) is 5. The van der Waals surface area contributed by atoms with Gasteiger partial charge in [-0.2, -0.15) is 0 Å². The first kappa shape index (κ1) is 24.1. The van der Waals surface area contributed by atoms with Crippen LogP contribution in [0.3, 0.4) is 0 Å². The van der Waals surface area contributed by atoms with Gasteiger partial charge in [0.1, 0.15) is 6.61 Å². The van der Waals surface area contributed by atoms with Crippen LogP contribution in [0.1, 0.15) is 22.3 Å². The Hall–Kier alpha value is -3.61. The third-order valence-electron chi connectivity index (χ3n) is 6.14. The maximum atomic E-state index is 13.2. The number of rotatable bonds is 6. The van der Waals surface area contributed by atoms with Gasteiger partial charge in [0, 0.05) is 0 Å². The van der Waals surface area contributed by atoms with E-state index in [1.165, 1.54) is 22.5 Å². The number of carbonyl (C=O) groups excluding carboxylic acids is 1. The first-order chi connectivity index (χ1) is 17.4. The Labute approximate surface area is 220 Å². The molecule has 0 unspecified atom stereocenters. The van der Waals surface area contributed by atoms with Gasteiger partial charge in [0.15, 0.2) is 15.8 Å². The van der Waals surface area contributed by atoms with E-state index in [2.05, 4.69) is 30.3 Å². The van der Waals surface area contributed by atoms with Crippen LogP contribution >= 0.6 is 24.0 Å². The lowest BCUT2D eigenvalue weighted by Crippen LogP contribution is -2.28. The topological polar surface area (TPSA) is 38.8 Å². The van der Waals surface area contributed by atoms with E-state index < -0.39 is 0 Å². The molecule has 1 heterocycles. The number of hydrogen-bond donors (Lipinski definition) is 0. The highest BCUT2D eigenvalue weighted by atomic mass is 32.2. The molecule has 1 amide bonds. The molecule has 0 spiro atoms. The van der Waals surface area contributed by atoms with E-state index in [0.717, 1.165) is 27.9 Å². The fourth-order valence-electron chi connectivity index (χ4n) is 4.35. The number of anilines is 1.